The predicted octanol–water partition coefficient (Wildman–Crippen LogP) is 1.53. The minimum Gasteiger partial charge on any atom is -0.497 e. The Balaban J connectivity index is 1.77. The van der Waals surface area contributed by atoms with E-state index in [1.807, 2.05) is 0 Å². The van der Waals surface area contributed by atoms with Crippen molar-refractivity contribution in [3.63, 3.8) is 0 Å². The number of nitrogen functional groups attached to an aromatic ring is 1. The van der Waals surface area contributed by atoms with Gasteiger partial charge in [-0.15, -0.1) is 5.10 Å². The molecule has 3 rings (SSSR count). The van der Waals surface area contributed by atoms with E-state index < -0.39 is 5.91 Å². The van der Waals surface area contributed by atoms with E-state index >= 15 is 0 Å². The van der Waals surface area contributed by atoms with Crippen molar-refractivity contribution < 1.29 is 9.53 Å². The van der Waals surface area contributed by atoms with Gasteiger partial charge in [0.25, 0.3) is 5.91 Å². The molecule has 1 saturated carbocycles. The van der Waals surface area contributed by atoms with Crippen molar-refractivity contribution in [3.05, 3.63) is 29.8 Å². The van der Waals surface area contributed by atoms with Gasteiger partial charge in [-0.3, -0.25) is 9.89 Å². The van der Waals surface area contributed by atoms with Gasteiger partial charge in [-0.1, -0.05) is 0 Å². The fourth-order valence-corrected chi connectivity index (χ4v) is 1.86. The van der Waals surface area contributed by atoms with Gasteiger partial charge in [0, 0.05) is 12.0 Å². The quantitative estimate of drug-likeness (QED) is 0.732. The highest BCUT2D eigenvalue weighted by Crippen LogP contribution is 2.37. The third kappa shape index (κ3) is 2.42. The molecule has 4 N–H and O–H groups in total. The summed E-state index contributed by atoms with van der Waals surface area (Å²) >= 11 is 0. The van der Waals surface area contributed by atoms with Gasteiger partial charge in [-0.05, 0) is 25.0 Å². The Morgan fingerprint density at radius 3 is 3.00 bits per heavy atom. The van der Waals surface area contributed by atoms with Gasteiger partial charge in [0.05, 0.1) is 18.5 Å². The number of hydrogen-bond acceptors (Lipinski definition) is 5. The van der Waals surface area contributed by atoms with Crippen LogP contribution in [0.3, 0.4) is 0 Å². The summed E-state index contributed by atoms with van der Waals surface area (Å²) in [6.45, 7) is 0. The van der Waals surface area contributed by atoms with Gasteiger partial charge < -0.3 is 15.8 Å². The fourth-order valence-electron chi connectivity index (χ4n) is 1.86. The van der Waals surface area contributed by atoms with Crippen molar-refractivity contribution in [2.45, 2.75) is 18.8 Å². The van der Waals surface area contributed by atoms with Gasteiger partial charge in [0.2, 0.25) is 5.82 Å². The lowest BCUT2D eigenvalue weighted by atomic mass is 10.2. The van der Waals surface area contributed by atoms with Crippen LogP contribution in [-0.2, 0) is 0 Å². The zero-order valence-corrected chi connectivity index (χ0v) is 11.0. The van der Waals surface area contributed by atoms with Crippen molar-refractivity contribution in [3.8, 4) is 5.75 Å². The average Bonchev–Trinajstić information content (AvgIpc) is 3.18. The number of amides is 1. The molecule has 0 atom stereocenters. The molecule has 1 aromatic carbocycles. The largest absolute Gasteiger partial charge is 0.497 e. The Labute approximate surface area is 115 Å². The van der Waals surface area contributed by atoms with Crippen LogP contribution in [0.15, 0.2) is 18.2 Å². The lowest BCUT2D eigenvalue weighted by Gasteiger charge is -2.08. The number of ether oxygens (including phenoxy) is 1. The topological polar surface area (TPSA) is 106 Å². The minimum atomic E-state index is -0.395. The number of aromatic amines is 1. The van der Waals surface area contributed by atoms with E-state index in [1.165, 1.54) is 0 Å². The molecule has 1 aliphatic carbocycles. The predicted molar refractivity (Wildman–Crippen MR) is 73.7 cm³/mol. The van der Waals surface area contributed by atoms with Crippen LogP contribution in [0.4, 0.5) is 11.4 Å². The van der Waals surface area contributed by atoms with E-state index in [9.17, 15) is 4.79 Å². The molecule has 1 amide bonds. The lowest BCUT2D eigenvalue weighted by Crippen LogP contribution is -2.15. The second-order valence-electron chi connectivity index (χ2n) is 4.73. The van der Waals surface area contributed by atoms with Crippen LogP contribution in [0.5, 0.6) is 5.75 Å². The molecule has 1 fully saturated rings. The lowest BCUT2D eigenvalue weighted by molar-refractivity contribution is 0.101. The van der Waals surface area contributed by atoms with E-state index in [4.69, 9.17) is 10.5 Å². The molecule has 0 radical (unpaired) electrons. The number of aromatic nitrogens is 3. The molecular formula is C13H15N5O2. The first-order valence-corrected chi connectivity index (χ1v) is 6.34. The average molecular weight is 273 g/mol. The molecule has 0 spiro atoms. The van der Waals surface area contributed by atoms with Crippen molar-refractivity contribution >= 4 is 17.3 Å². The van der Waals surface area contributed by atoms with Crippen LogP contribution in [0, 0.1) is 0 Å². The van der Waals surface area contributed by atoms with Gasteiger partial charge >= 0.3 is 0 Å². The van der Waals surface area contributed by atoms with Crippen molar-refractivity contribution in [1.82, 2.24) is 15.2 Å². The molecule has 2 aromatic rings. The summed E-state index contributed by atoms with van der Waals surface area (Å²) in [4.78, 5) is 16.3. The summed E-state index contributed by atoms with van der Waals surface area (Å²) in [5, 5.41) is 9.40. The van der Waals surface area contributed by atoms with Gasteiger partial charge in [0.1, 0.15) is 11.6 Å². The maximum Gasteiger partial charge on any atom is 0.295 e. The van der Waals surface area contributed by atoms with Crippen molar-refractivity contribution in [2.75, 3.05) is 18.2 Å². The van der Waals surface area contributed by atoms with Crippen LogP contribution >= 0.6 is 0 Å². The minimum absolute atomic E-state index is 0.120. The first-order chi connectivity index (χ1) is 9.67. The molecule has 7 heteroatoms. The van der Waals surface area contributed by atoms with Gasteiger partial charge in [-0.25, -0.2) is 4.98 Å². The number of methoxy groups -OCH3 is 1. The first kappa shape index (κ1) is 12.5. The Morgan fingerprint density at radius 1 is 1.50 bits per heavy atom. The number of rotatable bonds is 4. The van der Waals surface area contributed by atoms with E-state index in [-0.39, 0.29) is 5.82 Å². The standard InChI is InChI=1S/C13H15N5O2/c1-20-8-4-5-9(14)10(6-8)15-13(19)12-16-11(17-18-12)7-2-3-7/h4-7H,2-3,14H2,1H3,(H,15,19)(H,16,17,18). The number of carbonyl (C=O) groups excluding carboxylic acids is 1. The van der Waals surface area contributed by atoms with Crippen LogP contribution in [-0.4, -0.2) is 28.2 Å². The number of hydrogen-bond donors (Lipinski definition) is 3. The second-order valence-corrected chi connectivity index (χ2v) is 4.73. The first-order valence-electron chi connectivity index (χ1n) is 6.34. The highest BCUT2D eigenvalue weighted by molar-refractivity contribution is 6.03. The molecule has 0 bridgehead atoms. The molecule has 0 unspecified atom stereocenters. The van der Waals surface area contributed by atoms with Gasteiger partial charge in [-0.2, -0.15) is 0 Å². The normalized spacial score (nSPS) is 14.1. The summed E-state index contributed by atoms with van der Waals surface area (Å²) < 4.78 is 5.10. The summed E-state index contributed by atoms with van der Waals surface area (Å²) in [6, 6.07) is 5.05. The maximum absolute atomic E-state index is 12.1. The second kappa shape index (κ2) is 4.84. The van der Waals surface area contributed by atoms with E-state index in [2.05, 4.69) is 20.5 Å². The Morgan fingerprint density at radius 2 is 2.30 bits per heavy atom. The highest BCUT2D eigenvalue weighted by Gasteiger charge is 2.28. The summed E-state index contributed by atoms with van der Waals surface area (Å²) in [7, 11) is 1.55. The van der Waals surface area contributed by atoms with Crippen LogP contribution in [0.1, 0.15) is 35.2 Å². The smallest absolute Gasteiger partial charge is 0.295 e. The molecule has 7 nitrogen and oxygen atoms in total. The third-order valence-electron chi connectivity index (χ3n) is 3.18. The number of nitrogens with zero attached hydrogens (tertiary/aromatic N) is 2. The monoisotopic (exact) mass is 273 g/mol. The number of carbonyl (C=O) groups is 1. The number of anilines is 2. The zero-order valence-electron chi connectivity index (χ0n) is 11.0. The van der Waals surface area contributed by atoms with Crippen molar-refractivity contribution in [1.29, 1.82) is 0 Å². The Hall–Kier alpha value is -2.57. The zero-order chi connectivity index (χ0) is 14.1. The van der Waals surface area contributed by atoms with Crippen LogP contribution in [0.25, 0.3) is 0 Å². The summed E-state index contributed by atoms with van der Waals surface area (Å²) in [5.74, 6) is 1.53. The summed E-state index contributed by atoms with van der Waals surface area (Å²) in [5.41, 5.74) is 6.75. The molecule has 1 aromatic heterocycles. The fraction of sp³-hybridized carbons (Fsp3) is 0.308. The molecular weight excluding hydrogens is 258 g/mol. The molecule has 1 aliphatic rings. The van der Waals surface area contributed by atoms with E-state index in [0.29, 0.717) is 23.0 Å². The number of benzene rings is 1. The van der Waals surface area contributed by atoms with Crippen LogP contribution in [0.2, 0.25) is 0 Å². The van der Waals surface area contributed by atoms with E-state index in [0.717, 1.165) is 18.7 Å². The Bertz CT molecular complexity index is 648. The number of nitrogens with two attached hydrogens (primary N) is 1. The third-order valence-corrected chi connectivity index (χ3v) is 3.18. The van der Waals surface area contributed by atoms with Gasteiger partial charge in [0.15, 0.2) is 0 Å². The molecule has 104 valence electrons. The van der Waals surface area contributed by atoms with Crippen molar-refractivity contribution in [2.24, 2.45) is 0 Å². The summed E-state index contributed by atoms with van der Waals surface area (Å²) in [6.07, 6.45) is 2.19. The highest BCUT2D eigenvalue weighted by atomic mass is 16.5. The molecule has 0 saturated heterocycles. The molecule has 1 heterocycles. The number of H-pyrrole nitrogens is 1. The maximum atomic E-state index is 12.1. The molecule has 20 heavy (non-hydrogen) atoms. The van der Waals surface area contributed by atoms with Crippen LogP contribution < -0.4 is 15.8 Å². The molecule has 0 aliphatic heterocycles. The number of nitrogens with one attached hydrogen (secondary N) is 2. The SMILES string of the molecule is COc1ccc(N)c(NC(=O)c2n[nH]c(C3CC3)n2)c1. The Kier molecular flexibility index (Phi) is 3.02. The van der Waals surface area contributed by atoms with E-state index in [1.54, 1.807) is 25.3 Å².